The summed E-state index contributed by atoms with van der Waals surface area (Å²) in [6.07, 6.45) is -0.370. The number of esters is 2. The molecule has 2 atom stereocenters. The third-order valence-electron chi connectivity index (χ3n) is 1.30. The predicted molar refractivity (Wildman–Crippen MR) is 46.5 cm³/mol. The third-order valence-corrected chi connectivity index (χ3v) is 1.30. The highest BCUT2D eigenvalue weighted by molar-refractivity contribution is 5.92. The number of amides is 1. The first kappa shape index (κ1) is 12.5. The minimum atomic E-state index is -1.23. The van der Waals surface area contributed by atoms with Crippen LogP contribution in [0.4, 0.5) is 0 Å². The van der Waals surface area contributed by atoms with Crippen LogP contribution >= 0.6 is 0 Å². The number of carbonyl (C=O) groups is 3. The van der Waals surface area contributed by atoms with Gasteiger partial charge in [-0.3, -0.25) is 4.79 Å². The molecule has 0 aromatic carbocycles. The second kappa shape index (κ2) is 5.30. The molecule has 0 unspecified atom stereocenters. The highest BCUT2D eigenvalue weighted by Crippen LogP contribution is 1.93. The summed E-state index contributed by atoms with van der Waals surface area (Å²) in [5, 5.41) is 0. The van der Waals surface area contributed by atoms with E-state index in [1.165, 1.54) is 6.92 Å². The van der Waals surface area contributed by atoms with Crippen molar-refractivity contribution in [2.24, 2.45) is 17.2 Å². The molecule has 80 valence electrons. The summed E-state index contributed by atoms with van der Waals surface area (Å²) in [5.74, 6) is -2.65. The molecule has 0 aliphatic carbocycles. The van der Waals surface area contributed by atoms with Gasteiger partial charge in [-0.05, 0) is 6.92 Å². The van der Waals surface area contributed by atoms with E-state index in [0.717, 1.165) is 0 Å². The van der Waals surface area contributed by atoms with Crippen LogP contribution in [0.5, 0.6) is 0 Å². The van der Waals surface area contributed by atoms with Crippen molar-refractivity contribution in [1.29, 1.82) is 0 Å². The second-order valence-electron chi connectivity index (χ2n) is 2.81. The van der Waals surface area contributed by atoms with E-state index < -0.39 is 29.9 Å². The first-order valence-electron chi connectivity index (χ1n) is 3.89. The van der Waals surface area contributed by atoms with Gasteiger partial charge in [-0.2, -0.15) is 0 Å². The molecule has 7 heteroatoms. The van der Waals surface area contributed by atoms with Gasteiger partial charge in [-0.1, -0.05) is 0 Å². The van der Waals surface area contributed by atoms with Crippen LogP contribution in [0.2, 0.25) is 0 Å². The van der Waals surface area contributed by atoms with Gasteiger partial charge in [-0.25, -0.2) is 9.59 Å². The molecule has 0 saturated heterocycles. The summed E-state index contributed by atoms with van der Waals surface area (Å²) in [6, 6.07) is -2.14. The number of hydrogen-bond donors (Lipinski definition) is 3. The quantitative estimate of drug-likeness (QED) is 0.344. The molecule has 0 fully saturated rings. The summed E-state index contributed by atoms with van der Waals surface area (Å²) < 4.78 is 4.24. The van der Waals surface area contributed by atoms with Crippen LogP contribution in [0.1, 0.15) is 13.3 Å². The molecule has 0 radical (unpaired) electrons. The zero-order valence-electron chi connectivity index (χ0n) is 7.73. The van der Waals surface area contributed by atoms with Crippen LogP contribution < -0.4 is 17.2 Å². The van der Waals surface area contributed by atoms with Crippen molar-refractivity contribution in [2.75, 3.05) is 0 Å². The molecule has 7 nitrogen and oxygen atoms in total. The van der Waals surface area contributed by atoms with E-state index in [-0.39, 0.29) is 6.42 Å². The zero-order valence-corrected chi connectivity index (χ0v) is 7.73. The number of hydrogen-bond acceptors (Lipinski definition) is 6. The molecule has 0 heterocycles. The maximum absolute atomic E-state index is 11.0. The molecule has 0 aromatic heterocycles. The Morgan fingerprint density at radius 3 is 2.07 bits per heavy atom. The normalized spacial score (nSPS) is 14.2. The van der Waals surface area contributed by atoms with Gasteiger partial charge in [0.25, 0.3) is 0 Å². The maximum atomic E-state index is 11.0. The minimum Gasteiger partial charge on any atom is -0.391 e. The molecule has 0 rings (SSSR count). The predicted octanol–water partition coefficient (Wildman–Crippen LogP) is -2.39. The molecule has 0 bridgehead atoms. The van der Waals surface area contributed by atoms with Gasteiger partial charge in [-0.15, -0.1) is 0 Å². The number of rotatable bonds is 4. The van der Waals surface area contributed by atoms with E-state index in [1.807, 2.05) is 0 Å². The summed E-state index contributed by atoms with van der Waals surface area (Å²) in [6.45, 7) is 1.36. The fourth-order valence-corrected chi connectivity index (χ4v) is 0.568. The SMILES string of the molecule is C[C@H](N)C(=O)OC(=O)[C@@H](N)CC(N)=O. The molecule has 14 heavy (non-hydrogen) atoms. The molecule has 0 saturated carbocycles. The van der Waals surface area contributed by atoms with Crippen molar-refractivity contribution < 1.29 is 19.1 Å². The van der Waals surface area contributed by atoms with Crippen molar-refractivity contribution in [1.82, 2.24) is 0 Å². The van der Waals surface area contributed by atoms with E-state index in [0.29, 0.717) is 0 Å². The highest BCUT2D eigenvalue weighted by Gasteiger charge is 2.22. The van der Waals surface area contributed by atoms with Crippen LogP contribution in [0.15, 0.2) is 0 Å². The van der Waals surface area contributed by atoms with Crippen molar-refractivity contribution in [2.45, 2.75) is 25.4 Å². The van der Waals surface area contributed by atoms with E-state index in [4.69, 9.17) is 17.2 Å². The van der Waals surface area contributed by atoms with Crippen LogP contribution in [-0.2, 0) is 19.1 Å². The highest BCUT2D eigenvalue weighted by atomic mass is 16.6. The molecule has 6 N–H and O–H groups in total. The first-order valence-corrected chi connectivity index (χ1v) is 3.89. The maximum Gasteiger partial charge on any atom is 0.331 e. The third kappa shape index (κ3) is 4.53. The lowest BCUT2D eigenvalue weighted by atomic mass is 10.2. The van der Waals surface area contributed by atoms with Gasteiger partial charge in [0.05, 0.1) is 6.42 Å². The van der Waals surface area contributed by atoms with Crippen LogP contribution in [0.3, 0.4) is 0 Å². The van der Waals surface area contributed by atoms with Crippen molar-refractivity contribution in [3.8, 4) is 0 Å². The molecule has 0 aliphatic rings. The Morgan fingerprint density at radius 1 is 1.21 bits per heavy atom. The van der Waals surface area contributed by atoms with E-state index in [9.17, 15) is 14.4 Å². The van der Waals surface area contributed by atoms with E-state index in [1.54, 1.807) is 0 Å². The van der Waals surface area contributed by atoms with Gasteiger partial charge in [0.2, 0.25) is 5.91 Å². The number of primary amides is 1. The van der Waals surface area contributed by atoms with Crippen LogP contribution in [0, 0.1) is 0 Å². The Balaban J connectivity index is 4.08. The topological polar surface area (TPSA) is 138 Å². The fourth-order valence-electron chi connectivity index (χ4n) is 0.568. The summed E-state index contributed by atoms with van der Waals surface area (Å²) >= 11 is 0. The van der Waals surface area contributed by atoms with Crippen LogP contribution in [-0.4, -0.2) is 29.9 Å². The van der Waals surface area contributed by atoms with Gasteiger partial charge < -0.3 is 21.9 Å². The lowest BCUT2D eigenvalue weighted by Crippen LogP contribution is -2.40. The molecule has 0 aromatic rings. The standard InChI is InChI=1S/C7H13N3O4/c1-3(8)6(12)14-7(13)4(9)2-5(10)11/h3-4H,2,8-9H2,1H3,(H2,10,11)/t3-,4-/m0/s1. The van der Waals surface area contributed by atoms with Gasteiger partial charge >= 0.3 is 11.9 Å². The van der Waals surface area contributed by atoms with Gasteiger partial charge in [0, 0.05) is 0 Å². The number of ether oxygens (including phenoxy) is 1. The first-order chi connectivity index (χ1) is 6.34. The monoisotopic (exact) mass is 203 g/mol. The Morgan fingerprint density at radius 2 is 1.71 bits per heavy atom. The van der Waals surface area contributed by atoms with Gasteiger partial charge in [0.1, 0.15) is 12.1 Å². The Labute approximate surface area is 80.5 Å². The smallest absolute Gasteiger partial charge is 0.331 e. The van der Waals surface area contributed by atoms with Crippen molar-refractivity contribution in [3.63, 3.8) is 0 Å². The summed E-state index contributed by atoms with van der Waals surface area (Å²) in [5.41, 5.74) is 15.1. The number of nitrogens with two attached hydrogens (primary N) is 3. The molecule has 0 spiro atoms. The molecule has 0 aliphatic heterocycles. The average Bonchev–Trinajstić information content (AvgIpc) is 2.02. The lowest BCUT2D eigenvalue weighted by Gasteiger charge is -2.09. The zero-order chi connectivity index (χ0) is 11.3. The minimum absolute atomic E-state index is 0.370. The fraction of sp³-hybridized carbons (Fsp3) is 0.571. The molecule has 1 amide bonds. The largest absolute Gasteiger partial charge is 0.391 e. The Kier molecular flexibility index (Phi) is 4.74. The lowest BCUT2D eigenvalue weighted by molar-refractivity contribution is -0.161. The second-order valence-corrected chi connectivity index (χ2v) is 2.81. The molecular weight excluding hydrogens is 190 g/mol. The average molecular weight is 203 g/mol. The summed E-state index contributed by atoms with van der Waals surface area (Å²) in [7, 11) is 0. The Hall–Kier alpha value is -1.47. The van der Waals surface area contributed by atoms with Crippen molar-refractivity contribution in [3.05, 3.63) is 0 Å². The van der Waals surface area contributed by atoms with Crippen molar-refractivity contribution >= 4 is 17.8 Å². The number of carbonyl (C=O) groups excluding carboxylic acids is 3. The summed E-state index contributed by atoms with van der Waals surface area (Å²) in [4.78, 5) is 32.1. The van der Waals surface area contributed by atoms with Gasteiger partial charge in [0.15, 0.2) is 0 Å². The molecular formula is C7H13N3O4. The van der Waals surface area contributed by atoms with E-state index in [2.05, 4.69) is 4.74 Å². The van der Waals surface area contributed by atoms with E-state index >= 15 is 0 Å². The van der Waals surface area contributed by atoms with Crippen LogP contribution in [0.25, 0.3) is 0 Å². The Bertz CT molecular complexity index is 251.